The standard InChI is InChI=1S/C12H19N3O3S/c1-7-3-10(4-8(2)18-7)17-5-9-6-19-12(14-9)11(16)15-13/h6-8,10H,3-5,13H2,1-2H3,(H,15,16). The van der Waals surface area contributed by atoms with E-state index in [-0.39, 0.29) is 24.2 Å². The van der Waals surface area contributed by atoms with Gasteiger partial charge in [-0.15, -0.1) is 11.3 Å². The number of aromatic nitrogens is 1. The summed E-state index contributed by atoms with van der Waals surface area (Å²) in [4.78, 5) is 15.4. The lowest BCUT2D eigenvalue weighted by Gasteiger charge is -2.31. The molecule has 0 radical (unpaired) electrons. The number of ether oxygens (including phenoxy) is 2. The smallest absolute Gasteiger partial charge is 0.294 e. The summed E-state index contributed by atoms with van der Waals surface area (Å²) in [6.07, 6.45) is 2.42. The van der Waals surface area contributed by atoms with Crippen LogP contribution in [0, 0.1) is 0 Å². The molecule has 6 nitrogen and oxygen atoms in total. The van der Waals surface area contributed by atoms with Crippen LogP contribution < -0.4 is 11.3 Å². The average Bonchev–Trinajstić information content (AvgIpc) is 2.83. The van der Waals surface area contributed by atoms with Crippen molar-refractivity contribution in [3.63, 3.8) is 0 Å². The van der Waals surface area contributed by atoms with Crippen LogP contribution in [0.4, 0.5) is 0 Å². The lowest BCUT2D eigenvalue weighted by atomic mass is 10.0. The molecule has 19 heavy (non-hydrogen) atoms. The Kier molecular flexibility index (Phi) is 4.87. The Morgan fingerprint density at radius 1 is 1.58 bits per heavy atom. The fourth-order valence-corrected chi connectivity index (χ4v) is 2.93. The van der Waals surface area contributed by atoms with Crippen LogP contribution in [-0.4, -0.2) is 29.2 Å². The van der Waals surface area contributed by atoms with Crippen molar-refractivity contribution in [2.75, 3.05) is 0 Å². The molecule has 106 valence electrons. The van der Waals surface area contributed by atoms with E-state index in [9.17, 15) is 4.79 Å². The molecule has 1 saturated heterocycles. The fraction of sp³-hybridized carbons (Fsp3) is 0.667. The first kappa shape index (κ1) is 14.4. The molecular formula is C12H19N3O3S. The number of thiazole rings is 1. The minimum atomic E-state index is -0.371. The van der Waals surface area contributed by atoms with Crippen LogP contribution in [0.25, 0.3) is 0 Å². The van der Waals surface area contributed by atoms with Crippen molar-refractivity contribution in [2.24, 2.45) is 5.84 Å². The average molecular weight is 285 g/mol. The molecule has 3 N–H and O–H groups in total. The molecule has 2 unspecified atom stereocenters. The van der Waals surface area contributed by atoms with Crippen LogP contribution >= 0.6 is 11.3 Å². The van der Waals surface area contributed by atoms with Crippen molar-refractivity contribution in [3.8, 4) is 0 Å². The minimum Gasteiger partial charge on any atom is -0.375 e. The van der Waals surface area contributed by atoms with Gasteiger partial charge in [0.2, 0.25) is 0 Å². The number of rotatable bonds is 4. The zero-order chi connectivity index (χ0) is 13.8. The summed E-state index contributed by atoms with van der Waals surface area (Å²) >= 11 is 1.26. The van der Waals surface area contributed by atoms with Crippen molar-refractivity contribution >= 4 is 17.2 Å². The quantitative estimate of drug-likeness (QED) is 0.493. The highest BCUT2D eigenvalue weighted by molar-refractivity contribution is 7.11. The topological polar surface area (TPSA) is 86.5 Å². The summed E-state index contributed by atoms with van der Waals surface area (Å²) in [6, 6.07) is 0. The maximum atomic E-state index is 11.3. The summed E-state index contributed by atoms with van der Waals surface area (Å²) in [5, 5.41) is 2.17. The summed E-state index contributed by atoms with van der Waals surface area (Å²) in [5.41, 5.74) is 2.82. The second-order valence-electron chi connectivity index (χ2n) is 4.78. The monoisotopic (exact) mass is 285 g/mol. The third kappa shape index (κ3) is 3.97. The molecule has 2 rings (SSSR count). The van der Waals surface area contributed by atoms with Crippen molar-refractivity contribution in [3.05, 3.63) is 16.1 Å². The maximum absolute atomic E-state index is 11.3. The van der Waals surface area contributed by atoms with Gasteiger partial charge in [-0.05, 0) is 26.7 Å². The molecule has 1 fully saturated rings. The molecule has 7 heteroatoms. The van der Waals surface area contributed by atoms with Crippen LogP contribution in [0.1, 0.15) is 42.2 Å². The molecule has 0 spiro atoms. The first-order valence-electron chi connectivity index (χ1n) is 6.31. The van der Waals surface area contributed by atoms with Crippen LogP contribution in [-0.2, 0) is 16.1 Å². The van der Waals surface area contributed by atoms with E-state index in [1.807, 2.05) is 5.38 Å². The van der Waals surface area contributed by atoms with E-state index in [1.54, 1.807) is 0 Å². The van der Waals surface area contributed by atoms with E-state index in [4.69, 9.17) is 15.3 Å². The molecule has 0 aliphatic carbocycles. The second-order valence-corrected chi connectivity index (χ2v) is 5.64. The molecule has 1 aromatic heterocycles. The van der Waals surface area contributed by atoms with E-state index in [0.29, 0.717) is 11.6 Å². The number of hydrogen-bond donors (Lipinski definition) is 2. The number of nitrogens with two attached hydrogens (primary N) is 1. The molecule has 0 aromatic carbocycles. The third-order valence-electron chi connectivity index (χ3n) is 3.00. The zero-order valence-electron chi connectivity index (χ0n) is 11.1. The number of hydrazine groups is 1. The molecule has 0 saturated carbocycles. The first-order valence-corrected chi connectivity index (χ1v) is 7.19. The van der Waals surface area contributed by atoms with Crippen molar-refractivity contribution in [1.82, 2.24) is 10.4 Å². The molecule has 1 aromatic rings. The number of nitrogen functional groups attached to an aromatic ring is 1. The van der Waals surface area contributed by atoms with Gasteiger partial charge in [0.25, 0.3) is 5.91 Å². The van der Waals surface area contributed by atoms with E-state index in [1.165, 1.54) is 11.3 Å². The first-order chi connectivity index (χ1) is 9.08. The van der Waals surface area contributed by atoms with Crippen molar-refractivity contribution < 1.29 is 14.3 Å². The zero-order valence-corrected chi connectivity index (χ0v) is 11.9. The van der Waals surface area contributed by atoms with Crippen LogP contribution in [0.5, 0.6) is 0 Å². The van der Waals surface area contributed by atoms with E-state index < -0.39 is 0 Å². The molecule has 0 bridgehead atoms. The van der Waals surface area contributed by atoms with Gasteiger partial charge in [-0.2, -0.15) is 0 Å². The van der Waals surface area contributed by atoms with Gasteiger partial charge in [0.1, 0.15) is 0 Å². The maximum Gasteiger partial charge on any atom is 0.294 e. The normalized spacial score (nSPS) is 27.2. The molecule has 2 heterocycles. The molecule has 1 amide bonds. The van der Waals surface area contributed by atoms with Gasteiger partial charge in [-0.25, -0.2) is 10.8 Å². The van der Waals surface area contributed by atoms with Crippen molar-refractivity contribution in [1.29, 1.82) is 0 Å². The van der Waals surface area contributed by atoms with Crippen LogP contribution in [0.3, 0.4) is 0 Å². The number of carbonyl (C=O) groups excluding carboxylic acids is 1. The Labute approximate surface area is 116 Å². The highest BCUT2D eigenvalue weighted by Crippen LogP contribution is 2.22. The molecule has 1 aliphatic rings. The van der Waals surface area contributed by atoms with E-state index >= 15 is 0 Å². The van der Waals surface area contributed by atoms with E-state index in [0.717, 1.165) is 18.5 Å². The largest absolute Gasteiger partial charge is 0.375 e. The summed E-state index contributed by atoms with van der Waals surface area (Å²) in [6.45, 7) is 4.52. The number of nitrogens with one attached hydrogen (secondary N) is 1. The Morgan fingerprint density at radius 2 is 2.26 bits per heavy atom. The van der Waals surface area contributed by atoms with Gasteiger partial charge in [-0.1, -0.05) is 0 Å². The fourth-order valence-electron chi connectivity index (χ4n) is 2.22. The number of hydrogen-bond acceptors (Lipinski definition) is 6. The predicted molar refractivity (Wildman–Crippen MR) is 71.6 cm³/mol. The van der Waals surface area contributed by atoms with Gasteiger partial charge in [0.05, 0.1) is 30.6 Å². The van der Waals surface area contributed by atoms with E-state index in [2.05, 4.69) is 24.3 Å². The van der Waals surface area contributed by atoms with Crippen LogP contribution in [0.2, 0.25) is 0 Å². The summed E-state index contributed by atoms with van der Waals surface area (Å²) in [7, 11) is 0. The van der Waals surface area contributed by atoms with Gasteiger partial charge >= 0.3 is 0 Å². The van der Waals surface area contributed by atoms with Gasteiger partial charge in [0.15, 0.2) is 5.01 Å². The highest BCUT2D eigenvalue weighted by Gasteiger charge is 2.25. The van der Waals surface area contributed by atoms with Crippen LogP contribution in [0.15, 0.2) is 5.38 Å². The predicted octanol–water partition coefficient (Wildman–Crippen LogP) is 1.22. The van der Waals surface area contributed by atoms with Gasteiger partial charge < -0.3 is 9.47 Å². The number of carbonyl (C=O) groups is 1. The minimum absolute atomic E-state index is 0.187. The lowest BCUT2D eigenvalue weighted by Crippen LogP contribution is -2.34. The Bertz CT molecular complexity index is 428. The van der Waals surface area contributed by atoms with Gasteiger partial charge in [-0.3, -0.25) is 10.2 Å². The molecule has 2 atom stereocenters. The number of amides is 1. The Balaban J connectivity index is 1.85. The molecular weight excluding hydrogens is 266 g/mol. The number of nitrogens with zero attached hydrogens (tertiary/aromatic N) is 1. The third-order valence-corrected chi connectivity index (χ3v) is 3.89. The molecule has 1 aliphatic heterocycles. The summed E-state index contributed by atoms with van der Waals surface area (Å²) in [5.74, 6) is 4.69. The Hall–Kier alpha value is -1.02. The lowest BCUT2D eigenvalue weighted by molar-refractivity contribution is -0.106. The highest BCUT2D eigenvalue weighted by atomic mass is 32.1. The second kappa shape index (κ2) is 6.42. The van der Waals surface area contributed by atoms with Gasteiger partial charge in [0, 0.05) is 5.38 Å². The Morgan fingerprint density at radius 3 is 2.89 bits per heavy atom. The van der Waals surface area contributed by atoms with Crippen molar-refractivity contribution in [2.45, 2.75) is 51.6 Å². The SMILES string of the molecule is CC1CC(OCc2csc(C(=O)NN)n2)CC(C)O1. The summed E-state index contributed by atoms with van der Waals surface area (Å²) < 4.78 is 11.5.